The van der Waals surface area contributed by atoms with E-state index < -0.39 is 10.0 Å². The first-order chi connectivity index (χ1) is 12.8. The van der Waals surface area contributed by atoms with Gasteiger partial charge in [-0.05, 0) is 30.4 Å². The van der Waals surface area contributed by atoms with Crippen molar-refractivity contribution in [1.82, 2.24) is 14.5 Å². The van der Waals surface area contributed by atoms with Crippen molar-refractivity contribution >= 4 is 21.9 Å². The fourth-order valence-electron chi connectivity index (χ4n) is 3.31. The summed E-state index contributed by atoms with van der Waals surface area (Å²) in [6, 6.07) is 6.94. The number of nitrogens with one attached hydrogen (secondary N) is 1. The first kappa shape index (κ1) is 21.2. The highest BCUT2D eigenvalue weighted by Crippen LogP contribution is 2.21. The fourth-order valence-corrected chi connectivity index (χ4v) is 4.43. The summed E-state index contributed by atoms with van der Waals surface area (Å²) in [4.78, 5) is 17.9. The van der Waals surface area contributed by atoms with E-state index in [9.17, 15) is 13.2 Å². The van der Waals surface area contributed by atoms with Gasteiger partial charge in [-0.3, -0.25) is 9.79 Å². The molecule has 1 heterocycles. The van der Waals surface area contributed by atoms with E-state index in [2.05, 4.69) is 15.2 Å². The molecule has 1 atom stereocenters. The van der Waals surface area contributed by atoms with E-state index in [1.54, 1.807) is 25.2 Å². The molecule has 1 amide bonds. The number of aliphatic imine (C=N–C) groups is 1. The van der Waals surface area contributed by atoms with E-state index in [1.807, 2.05) is 6.07 Å². The summed E-state index contributed by atoms with van der Waals surface area (Å²) >= 11 is 0. The maximum absolute atomic E-state index is 12.5. The third-order valence-electron chi connectivity index (χ3n) is 4.69. The van der Waals surface area contributed by atoms with Crippen LogP contribution in [0.15, 0.2) is 34.2 Å². The minimum atomic E-state index is -3.52. The Balaban J connectivity index is 2.10. The largest absolute Gasteiger partial charge is 0.370 e. The maximum atomic E-state index is 12.5. The molecule has 0 radical (unpaired) electrons. The highest BCUT2D eigenvalue weighted by atomic mass is 32.2. The molecule has 9 heteroatoms. The molecule has 1 unspecified atom stereocenters. The number of nitrogens with two attached hydrogens (primary N) is 1. The van der Waals surface area contributed by atoms with Gasteiger partial charge >= 0.3 is 0 Å². The number of nitrogens with zero attached hydrogens (tertiary/aromatic N) is 3. The lowest BCUT2D eigenvalue weighted by molar-refractivity contribution is -0.119. The third-order valence-corrected chi connectivity index (χ3v) is 6.60. The van der Waals surface area contributed by atoms with E-state index in [-0.39, 0.29) is 16.7 Å². The Morgan fingerprint density at radius 1 is 1.37 bits per heavy atom. The van der Waals surface area contributed by atoms with Crippen LogP contribution in [0.1, 0.15) is 24.8 Å². The zero-order valence-electron chi connectivity index (χ0n) is 16.2. The van der Waals surface area contributed by atoms with Gasteiger partial charge < -0.3 is 16.0 Å². The molecule has 3 N–H and O–H groups in total. The number of sulfonamides is 1. The van der Waals surface area contributed by atoms with Crippen molar-refractivity contribution in [2.75, 3.05) is 34.2 Å². The fraction of sp³-hybridized carbons (Fsp3) is 0.556. The molecular weight excluding hydrogens is 366 g/mol. The van der Waals surface area contributed by atoms with Crippen LogP contribution in [0.4, 0.5) is 0 Å². The Morgan fingerprint density at radius 3 is 2.70 bits per heavy atom. The predicted octanol–water partition coefficient (Wildman–Crippen LogP) is 0.600. The quantitative estimate of drug-likeness (QED) is 0.542. The van der Waals surface area contributed by atoms with Crippen LogP contribution in [0.3, 0.4) is 0 Å². The number of benzene rings is 1. The lowest BCUT2D eigenvalue weighted by Gasteiger charge is -2.34. The Hall–Kier alpha value is -2.13. The molecule has 8 nitrogen and oxygen atoms in total. The molecule has 150 valence electrons. The highest BCUT2D eigenvalue weighted by Gasteiger charge is 2.24. The van der Waals surface area contributed by atoms with Crippen molar-refractivity contribution in [1.29, 1.82) is 0 Å². The molecule has 1 aromatic carbocycles. The van der Waals surface area contributed by atoms with Gasteiger partial charge in [-0.2, -0.15) is 0 Å². The lowest BCUT2D eigenvalue weighted by Crippen LogP contribution is -2.47. The smallest absolute Gasteiger partial charge is 0.242 e. The molecule has 1 saturated heterocycles. The second-order valence-corrected chi connectivity index (χ2v) is 9.04. The summed E-state index contributed by atoms with van der Waals surface area (Å²) in [7, 11) is 1.21. The zero-order chi connectivity index (χ0) is 20.0. The number of rotatable bonds is 6. The molecule has 1 aliphatic heterocycles. The molecule has 1 fully saturated rings. The predicted molar refractivity (Wildman–Crippen MR) is 106 cm³/mol. The van der Waals surface area contributed by atoms with Crippen molar-refractivity contribution in [2.24, 2.45) is 16.6 Å². The number of carbonyl (C=O) groups is 1. The number of carbonyl (C=O) groups excluding carboxylic acids is 1. The Morgan fingerprint density at radius 2 is 2.07 bits per heavy atom. The van der Waals surface area contributed by atoms with Crippen molar-refractivity contribution in [2.45, 2.75) is 30.7 Å². The second-order valence-electron chi connectivity index (χ2n) is 6.92. The standard InChI is InChI=1S/C18H29N5O3S/c1-20-18(23-10-6-7-14(13-23)11-17(19)24)21-12-15-8-4-5-9-16(15)27(25,26)22(2)3/h4-5,8-9,14H,6-7,10-13H2,1-3H3,(H2,19,24)(H,20,21). The SMILES string of the molecule is CN=C(NCc1ccccc1S(=O)(=O)N(C)C)N1CCCC(CC(N)=O)C1. The van der Waals surface area contributed by atoms with Crippen LogP contribution in [-0.2, 0) is 21.4 Å². The Kier molecular flexibility index (Phi) is 7.20. The number of guanidine groups is 1. The van der Waals surface area contributed by atoms with E-state index in [0.29, 0.717) is 31.0 Å². The van der Waals surface area contributed by atoms with Crippen molar-refractivity contribution < 1.29 is 13.2 Å². The monoisotopic (exact) mass is 395 g/mol. The minimum absolute atomic E-state index is 0.219. The first-order valence-electron chi connectivity index (χ1n) is 9.00. The number of piperidine rings is 1. The molecule has 1 aromatic rings. The molecule has 0 aromatic heterocycles. The minimum Gasteiger partial charge on any atom is -0.370 e. The van der Waals surface area contributed by atoms with Gasteiger partial charge in [0, 0.05) is 47.2 Å². The van der Waals surface area contributed by atoms with Crippen LogP contribution in [0.5, 0.6) is 0 Å². The first-order valence-corrected chi connectivity index (χ1v) is 10.4. The van der Waals surface area contributed by atoms with Crippen LogP contribution < -0.4 is 11.1 Å². The van der Waals surface area contributed by atoms with Gasteiger partial charge in [0.25, 0.3) is 0 Å². The molecule has 0 aliphatic carbocycles. The molecule has 2 rings (SSSR count). The van der Waals surface area contributed by atoms with Gasteiger partial charge in [0.05, 0.1) is 4.90 Å². The number of amides is 1. The van der Waals surface area contributed by atoms with Crippen LogP contribution in [0.25, 0.3) is 0 Å². The number of primary amides is 1. The molecule has 0 bridgehead atoms. The Labute approximate surface area is 161 Å². The van der Waals surface area contributed by atoms with Crippen LogP contribution >= 0.6 is 0 Å². The van der Waals surface area contributed by atoms with E-state index in [0.717, 1.165) is 19.4 Å². The number of hydrogen-bond donors (Lipinski definition) is 2. The normalized spacial score (nSPS) is 18.6. The molecule has 27 heavy (non-hydrogen) atoms. The van der Waals surface area contributed by atoms with Gasteiger partial charge in [-0.1, -0.05) is 18.2 Å². The summed E-state index contributed by atoms with van der Waals surface area (Å²) in [6.45, 7) is 1.89. The zero-order valence-corrected chi connectivity index (χ0v) is 17.0. The van der Waals surface area contributed by atoms with Gasteiger partial charge in [-0.15, -0.1) is 0 Å². The summed E-state index contributed by atoms with van der Waals surface area (Å²) in [5.41, 5.74) is 6.01. The van der Waals surface area contributed by atoms with E-state index in [1.165, 1.54) is 18.4 Å². The van der Waals surface area contributed by atoms with Gasteiger partial charge in [0.2, 0.25) is 15.9 Å². The van der Waals surface area contributed by atoms with Gasteiger partial charge in [-0.25, -0.2) is 12.7 Å². The highest BCUT2D eigenvalue weighted by molar-refractivity contribution is 7.89. The molecular formula is C18H29N5O3S. The van der Waals surface area contributed by atoms with Crippen molar-refractivity contribution in [3.8, 4) is 0 Å². The van der Waals surface area contributed by atoms with Crippen LogP contribution in [0, 0.1) is 5.92 Å². The van der Waals surface area contributed by atoms with Crippen LogP contribution in [-0.4, -0.2) is 63.7 Å². The lowest BCUT2D eigenvalue weighted by atomic mass is 9.95. The maximum Gasteiger partial charge on any atom is 0.242 e. The van der Waals surface area contributed by atoms with Gasteiger partial charge in [0.15, 0.2) is 5.96 Å². The average Bonchev–Trinajstić information content (AvgIpc) is 2.62. The van der Waals surface area contributed by atoms with Crippen LogP contribution in [0.2, 0.25) is 0 Å². The summed E-state index contributed by atoms with van der Waals surface area (Å²) in [5.74, 6) is 0.630. The topological polar surface area (TPSA) is 108 Å². The van der Waals surface area contributed by atoms with E-state index in [4.69, 9.17) is 5.73 Å². The molecule has 0 spiro atoms. The summed E-state index contributed by atoms with van der Waals surface area (Å²) in [5, 5.41) is 3.26. The Bertz CT molecular complexity index is 792. The van der Waals surface area contributed by atoms with Crippen molar-refractivity contribution in [3.63, 3.8) is 0 Å². The average molecular weight is 396 g/mol. The molecule has 1 aliphatic rings. The van der Waals surface area contributed by atoms with Gasteiger partial charge in [0.1, 0.15) is 0 Å². The molecule has 0 saturated carbocycles. The number of likely N-dealkylation sites (tertiary alicyclic amines) is 1. The second kappa shape index (κ2) is 9.18. The summed E-state index contributed by atoms with van der Waals surface area (Å²) < 4.78 is 26.3. The van der Waals surface area contributed by atoms with E-state index >= 15 is 0 Å². The van der Waals surface area contributed by atoms with Crippen molar-refractivity contribution in [3.05, 3.63) is 29.8 Å². The summed E-state index contributed by atoms with van der Waals surface area (Å²) in [6.07, 6.45) is 2.31. The third kappa shape index (κ3) is 5.43. The number of hydrogen-bond acceptors (Lipinski definition) is 4.